The van der Waals surface area contributed by atoms with E-state index in [0.29, 0.717) is 51.7 Å². The van der Waals surface area contributed by atoms with Crippen LogP contribution in [0.5, 0.6) is 0 Å². The Bertz CT molecular complexity index is 1730. The summed E-state index contributed by atoms with van der Waals surface area (Å²) in [6, 6.07) is -0.0385. The summed E-state index contributed by atoms with van der Waals surface area (Å²) < 4.78 is 15.2. The Morgan fingerprint density at radius 2 is 0.778 bits per heavy atom. The molecule has 19 nitrogen and oxygen atoms in total. The first-order valence-corrected chi connectivity index (χ1v) is 37.3. The van der Waals surface area contributed by atoms with Crippen molar-refractivity contribution >= 4 is 42.6 Å². The van der Waals surface area contributed by atoms with Gasteiger partial charge in [0.25, 0.3) is 0 Å². The number of aliphatic hydroxyl groups is 1. The number of unbranched alkanes of at least 4 members (excludes halogenated alkanes) is 11. The van der Waals surface area contributed by atoms with Crippen LogP contribution in [-0.2, 0) is 38.1 Å². The van der Waals surface area contributed by atoms with Gasteiger partial charge >= 0.3 is 23.1 Å². The topological polar surface area (TPSA) is 187 Å². The zero-order valence-electron chi connectivity index (χ0n) is 46.2. The fraction of sp³-hybridized carbons (Fsp3) is 0.880. The van der Waals surface area contributed by atoms with Crippen molar-refractivity contribution in [1.29, 1.82) is 0 Å². The fourth-order valence-electron chi connectivity index (χ4n) is 10.1. The Morgan fingerprint density at radius 3 is 1.14 bits per heavy atom. The highest BCUT2D eigenvalue weighted by Gasteiger charge is 2.31. The number of carbonyl (C=O) groups is 3. The van der Waals surface area contributed by atoms with Crippen LogP contribution in [0.4, 0.5) is 4.79 Å². The van der Waals surface area contributed by atoms with Gasteiger partial charge in [0.1, 0.15) is 0 Å². The van der Waals surface area contributed by atoms with Crippen LogP contribution in [0.15, 0.2) is 14.4 Å². The average molecular weight is 1070 g/mol. The number of nitrogens with zero attached hydrogens (tertiary/aromatic N) is 9. The zero-order valence-corrected chi connectivity index (χ0v) is 49.2. The van der Waals surface area contributed by atoms with Crippen LogP contribution < -0.4 is 22.4 Å². The number of hydrogen-bond donors (Lipinski definition) is 2. The van der Waals surface area contributed by atoms with Gasteiger partial charge < -0.3 is 48.7 Å². The van der Waals surface area contributed by atoms with Crippen molar-refractivity contribution in [1.82, 2.24) is 48.4 Å². The highest BCUT2D eigenvalue weighted by molar-refractivity contribution is 6.77. The van der Waals surface area contributed by atoms with Gasteiger partial charge in [0, 0.05) is 150 Å². The Kier molecular flexibility index (Phi) is 26.7. The third-order valence-electron chi connectivity index (χ3n) is 15.0. The Morgan fingerprint density at radius 1 is 0.458 bits per heavy atom. The number of hydrogen-bond acceptors (Lipinski definition) is 12. The second kappa shape index (κ2) is 31.2. The Labute approximate surface area is 434 Å². The van der Waals surface area contributed by atoms with Gasteiger partial charge in [-0.3, -0.25) is 9.59 Å². The van der Waals surface area contributed by atoms with Gasteiger partial charge in [-0.15, -0.1) is 0 Å². The van der Waals surface area contributed by atoms with Crippen molar-refractivity contribution in [2.45, 2.75) is 162 Å². The quantitative estimate of drug-likeness (QED) is 0.0791. The number of aliphatic hydroxyl groups excluding tert-OH is 1. The maximum atomic E-state index is 13.8. The molecule has 0 saturated carbocycles. The van der Waals surface area contributed by atoms with Crippen molar-refractivity contribution in [2.24, 2.45) is 0 Å². The summed E-state index contributed by atoms with van der Waals surface area (Å²) in [4.78, 5) is 93.2. The maximum Gasteiger partial charge on any atom is 0.336 e. The van der Waals surface area contributed by atoms with Crippen LogP contribution in [0.25, 0.3) is 0 Å². The van der Waals surface area contributed by atoms with Gasteiger partial charge in [-0.25, -0.2) is 32.9 Å². The van der Waals surface area contributed by atoms with E-state index in [0.717, 1.165) is 155 Å². The van der Waals surface area contributed by atoms with Crippen molar-refractivity contribution in [3.05, 3.63) is 31.5 Å². The third-order valence-corrected chi connectivity index (χ3v) is 21.8. The second-order valence-electron chi connectivity index (χ2n) is 22.8. The van der Waals surface area contributed by atoms with Gasteiger partial charge in [-0.05, 0) is 70.9 Å². The van der Waals surface area contributed by atoms with E-state index < -0.39 is 41.8 Å². The molecular formula is C50H98N10O9Si3. The van der Waals surface area contributed by atoms with E-state index in [2.05, 4.69) is 59.3 Å². The van der Waals surface area contributed by atoms with Crippen LogP contribution in [-0.4, -0.2) is 215 Å². The molecule has 3 aliphatic rings. The molecule has 2 N–H and O–H groups in total. The van der Waals surface area contributed by atoms with Crippen LogP contribution in [0.2, 0.25) is 39.3 Å². The number of nitrogens with one attached hydrogen (secondary N) is 1. The molecule has 3 aliphatic heterocycles. The van der Waals surface area contributed by atoms with E-state index in [1.54, 1.807) is 14.2 Å². The number of urea groups is 1. The highest BCUT2D eigenvalue weighted by atomic mass is 28.4. The predicted octanol–water partition coefficient (Wildman–Crippen LogP) is 3.59. The average Bonchev–Trinajstić information content (AvgIpc) is 3.35. The molecule has 3 saturated heterocycles. The SMILES string of the molecule is CO[Si](C)(C)CN1CCN(C(=O)CCCCCCCn2c(=O)n(CCCCCCCC(=O)N3CCN(C[Si](C)(C)CO)CC3)c(=O)n(CCCCCCNC(=O)N3CCN(C[Si](C)(C)OC)CC3)c2=O)CC1. The summed E-state index contributed by atoms with van der Waals surface area (Å²) >= 11 is 0. The van der Waals surface area contributed by atoms with E-state index in [1.807, 2.05) is 14.7 Å². The van der Waals surface area contributed by atoms with Gasteiger partial charge in [-0.2, -0.15) is 0 Å². The first-order chi connectivity index (χ1) is 34.3. The molecule has 0 radical (unpaired) electrons. The van der Waals surface area contributed by atoms with Gasteiger partial charge in [0.2, 0.25) is 11.8 Å². The molecular weight excluding hydrogens is 969 g/mol. The van der Waals surface area contributed by atoms with Crippen molar-refractivity contribution in [2.75, 3.05) is 124 Å². The lowest BCUT2D eigenvalue weighted by atomic mass is 10.1. The largest absolute Gasteiger partial charge is 0.419 e. The second-order valence-corrected chi connectivity index (χ2v) is 36.3. The van der Waals surface area contributed by atoms with Gasteiger partial charge in [-0.1, -0.05) is 64.5 Å². The summed E-state index contributed by atoms with van der Waals surface area (Å²) in [6.07, 6.45) is 15.2. The molecule has 72 heavy (non-hydrogen) atoms. The summed E-state index contributed by atoms with van der Waals surface area (Å²) in [5.41, 5.74) is -1.66. The number of amides is 4. The van der Waals surface area contributed by atoms with E-state index in [-0.39, 0.29) is 43.7 Å². The molecule has 0 aliphatic carbocycles. The number of rotatable bonds is 32. The van der Waals surface area contributed by atoms with Crippen molar-refractivity contribution in [3.63, 3.8) is 0 Å². The molecule has 22 heteroatoms. The molecule has 4 heterocycles. The number of aromatic nitrogens is 3. The Balaban J connectivity index is 1.22. The summed E-state index contributed by atoms with van der Waals surface area (Å²) in [5.74, 6) is 0.401. The normalized spacial score (nSPS) is 17.0. The van der Waals surface area contributed by atoms with Crippen LogP contribution in [0, 0.1) is 0 Å². The summed E-state index contributed by atoms with van der Waals surface area (Å²) in [7, 11) is -1.45. The van der Waals surface area contributed by atoms with Gasteiger partial charge in [0.15, 0.2) is 16.6 Å². The van der Waals surface area contributed by atoms with E-state index in [9.17, 15) is 33.9 Å². The molecule has 1 aromatic rings. The standard InChI is InChI=1S/C50H98N10O9Si3/c1-68-71(5,6)42-53-31-37-56(38-32-53)46(63)24-18-12-10-15-21-27-59-48(65)58(26-20-14-9-11-17-23-45(62)55-35-29-52(30-36-55)41-70(3,4)44-61)49(66)60(50(59)67)28-22-16-13-19-25-51-47(64)57-39-33-54(34-40-57)43-72(7,8)69-2/h61H,9-44H2,1-8H3,(H,51,64). The first kappa shape index (κ1) is 61.6. The minimum absolute atomic E-state index is 0.0385. The number of piperazine rings is 3. The maximum absolute atomic E-state index is 13.8. The van der Waals surface area contributed by atoms with Crippen molar-refractivity contribution in [3.8, 4) is 0 Å². The molecule has 0 unspecified atom stereocenters. The van der Waals surface area contributed by atoms with E-state index in [4.69, 9.17) is 8.85 Å². The molecule has 3 fully saturated rings. The molecule has 0 aromatic carbocycles. The van der Waals surface area contributed by atoms with E-state index in [1.165, 1.54) is 13.7 Å². The lowest BCUT2D eigenvalue weighted by Crippen LogP contribution is -2.55. The van der Waals surface area contributed by atoms with Crippen LogP contribution >= 0.6 is 0 Å². The predicted molar refractivity (Wildman–Crippen MR) is 294 cm³/mol. The van der Waals surface area contributed by atoms with Crippen LogP contribution in [0.3, 0.4) is 0 Å². The summed E-state index contributed by atoms with van der Waals surface area (Å²) in [6.45, 7) is 24.0. The lowest BCUT2D eigenvalue weighted by molar-refractivity contribution is -0.133. The van der Waals surface area contributed by atoms with Crippen LogP contribution in [0.1, 0.15) is 103 Å². The van der Waals surface area contributed by atoms with E-state index >= 15 is 0 Å². The molecule has 414 valence electrons. The first-order valence-electron chi connectivity index (χ1n) is 27.7. The Hall–Kier alpha value is -2.97. The zero-order chi connectivity index (χ0) is 52.7. The minimum Gasteiger partial charge on any atom is -0.419 e. The summed E-state index contributed by atoms with van der Waals surface area (Å²) in [5, 5.41) is 12.8. The molecule has 4 amide bonds. The fourth-order valence-corrected chi connectivity index (χ4v) is 14.7. The van der Waals surface area contributed by atoms with Gasteiger partial charge in [0.05, 0.1) is 8.07 Å². The third kappa shape index (κ3) is 21.3. The molecule has 0 bridgehead atoms. The van der Waals surface area contributed by atoms with Crippen molar-refractivity contribution < 1.29 is 28.3 Å². The lowest BCUT2D eigenvalue weighted by Gasteiger charge is -2.37. The minimum atomic E-state index is -1.70. The highest BCUT2D eigenvalue weighted by Crippen LogP contribution is 2.15. The smallest absolute Gasteiger partial charge is 0.336 e. The molecule has 1 aromatic heterocycles. The monoisotopic (exact) mass is 1070 g/mol. The molecule has 0 atom stereocenters. The number of carbonyl (C=O) groups excluding carboxylic acids is 3. The molecule has 0 spiro atoms. The molecule has 4 rings (SSSR count).